The highest BCUT2D eigenvalue weighted by molar-refractivity contribution is 5.80. The fourth-order valence-electron chi connectivity index (χ4n) is 2.63. The predicted octanol–water partition coefficient (Wildman–Crippen LogP) is 1.45. The molecule has 2 rings (SSSR count). The van der Waals surface area contributed by atoms with E-state index in [9.17, 15) is 5.11 Å². The topological polar surface area (TPSA) is 78.8 Å². The molecule has 1 aliphatic rings. The van der Waals surface area contributed by atoms with Gasteiger partial charge in [0.05, 0.1) is 19.8 Å². The molecule has 6 nitrogen and oxygen atoms in total. The van der Waals surface area contributed by atoms with Gasteiger partial charge in [-0.25, -0.2) is 9.98 Å². The summed E-state index contributed by atoms with van der Waals surface area (Å²) in [4.78, 5) is 8.80. The molecule has 0 amide bonds. The van der Waals surface area contributed by atoms with E-state index in [0.717, 1.165) is 43.8 Å². The summed E-state index contributed by atoms with van der Waals surface area (Å²) in [6, 6.07) is 4.23. The molecule has 3 N–H and O–H groups in total. The van der Waals surface area contributed by atoms with Crippen molar-refractivity contribution in [3.63, 3.8) is 0 Å². The maximum Gasteiger partial charge on any atom is 0.218 e. The average molecular weight is 306 g/mol. The number of ether oxygens (including phenoxy) is 1. The molecule has 1 aromatic rings. The van der Waals surface area contributed by atoms with Crippen molar-refractivity contribution in [3.05, 3.63) is 23.9 Å². The smallest absolute Gasteiger partial charge is 0.218 e. The lowest BCUT2D eigenvalue weighted by Crippen LogP contribution is -2.45. The minimum Gasteiger partial charge on any atom is -0.481 e. The molecule has 1 aromatic heterocycles. The first-order chi connectivity index (χ1) is 10.7. The SMILES string of the molecule is CCNC(=NCc1cccnc1OC)NC1CCC(O)CC1. The van der Waals surface area contributed by atoms with Gasteiger partial charge in [0.25, 0.3) is 0 Å². The van der Waals surface area contributed by atoms with Gasteiger partial charge in [-0.1, -0.05) is 6.07 Å². The highest BCUT2D eigenvalue weighted by Gasteiger charge is 2.19. The number of nitrogens with one attached hydrogen (secondary N) is 2. The summed E-state index contributed by atoms with van der Waals surface area (Å²) in [6.45, 7) is 3.37. The van der Waals surface area contributed by atoms with Crippen LogP contribution in [0.15, 0.2) is 23.3 Å². The standard InChI is InChI=1S/C16H26N4O2/c1-3-17-16(20-13-6-8-14(21)9-7-13)19-11-12-5-4-10-18-15(12)22-2/h4-5,10,13-14,21H,3,6-9,11H2,1-2H3,(H2,17,19,20). The monoisotopic (exact) mass is 306 g/mol. The fourth-order valence-corrected chi connectivity index (χ4v) is 2.63. The first kappa shape index (κ1) is 16.5. The number of aliphatic imine (C=N–C) groups is 1. The van der Waals surface area contributed by atoms with E-state index in [-0.39, 0.29) is 6.10 Å². The van der Waals surface area contributed by atoms with Crippen molar-refractivity contribution in [2.24, 2.45) is 4.99 Å². The van der Waals surface area contributed by atoms with E-state index in [4.69, 9.17) is 4.74 Å². The Labute approximate surface area is 132 Å². The van der Waals surface area contributed by atoms with Gasteiger partial charge in [-0.05, 0) is 38.7 Å². The van der Waals surface area contributed by atoms with E-state index in [0.29, 0.717) is 18.5 Å². The Hall–Kier alpha value is -1.82. The number of rotatable bonds is 5. The molecule has 1 saturated carbocycles. The van der Waals surface area contributed by atoms with Crippen molar-refractivity contribution in [3.8, 4) is 5.88 Å². The second kappa shape index (κ2) is 8.58. The Morgan fingerprint density at radius 3 is 2.86 bits per heavy atom. The Morgan fingerprint density at radius 1 is 1.41 bits per heavy atom. The molecule has 22 heavy (non-hydrogen) atoms. The number of hydrogen-bond acceptors (Lipinski definition) is 4. The van der Waals surface area contributed by atoms with Crippen LogP contribution in [0.5, 0.6) is 5.88 Å². The molecule has 0 spiro atoms. The predicted molar refractivity (Wildman–Crippen MR) is 87.0 cm³/mol. The van der Waals surface area contributed by atoms with Crippen molar-refractivity contribution in [2.75, 3.05) is 13.7 Å². The van der Waals surface area contributed by atoms with E-state index < -0.39 is 0 Å². The summed E-state index contributed by atoms with van der Waals surface area (Å²) in [7, 11) is 1.62. The number of hydrogen-bond donors (Lipinski definition) is 3. The van der Waals surface area contributed by atoms with E-state index in [1.54, 1.807) is 13.3 Å². The van der Waals surface area contributed by atoms with Crippen LogP contribution in [0.25, 0.3) is 0 Å². The highest BCUT2D eigenvalue weighted by atomic mass is 16.5. The van der Waals surface area contributed by atoms with Gasteiger partial charge in [0.1, 0.15) is 0 Å². The minimum atomic E-state index is -0.141. The molecule has 1 aliphatic carbocycles. The Bertz CT molecular complexity index is 485. The number of nitrogens with zero attached hydrogens (tertiary/aromatic N) is 2. The molecular weight excluding hydrogens is 280 g/mol. The van der Waals surface area contributed by atoms with Crippen LogP contribution in [0, 0.1) is 0 Å². The van der Waals surface area contributed by atoms with Crippen molar-refractivity contribution in [1.82, 2.24) is 15.6 Å². The van der Waals surface area contributed by atoms with Gasteiger partial charge in [-0.3, -0.25) is 0 Å². The normalized spacial score (nSPS) is 22.2. The zero-order valence-electron chi connectivity index (χ0n) is 13.4. The Balaban J connectivity index is 1.97. The Morgan fingerprint density at radius 2 is 2.18 bits per heavy atom. The average Bonchev–Trinajstić information content (AvgIpc) is 2.55. The van der Waals surface area contributed by atoms with Gasteiger partial charge < -0.3 is 20.5 Å². The summed E-state index contributed by atoms with van der Waals surface area (Å²) >= 11 is 0. The molecule has 6 heteroatoms. The minimum absolute atomic E-state index is 0.141. The second-order valence-corrected chi connectivity index (χ2v) is 5.52. The number of aliphatic hydroxyl groups excluding tert-OH is 1. The molecule has 122 valence electrons. The number of pyridine rings is 1. The van der Waals surface area contributed by atoms with Crippen LogP contribution in [-0.4, -0.2) is 41.9 Å². The summed E-state index contributed by atoms with van der Waals surface area (Å²) in [5.41, 5.74) is 0.960. The molecule has 0 aliphatic heterocycles. The van der Waals surface area contributed by atoms with Crippen LogP contribution >= 0.6 is 0 Å². The summed E-state index contributed by atoms with van der Waals surface area (Å²) in [6.07, 6.45) is 5.23. The quantitative estimate of drug-likeness (QED) is 0.567. The van der Waals surface area contributed by atoms with Crippen LogP contribution in [-0.2, 0) is 6.54 Å². The number of aliphatic hydroxyl groups is 1. The van der Waals surface area contributed by atoms with Gasteiger partial charge in [0, 0.05) is 24.3 Å². The zero-order valence-corrected chi connectivity index (χ0v) is 13.4. The molecular formula is C16H26N4O2. The van der Waals surface area contributed by atoms with Crippen LogP contribution in [0.4, 0.5) is 0 Å². The van der Waals surface area contributed by atoms with E-state index >= 15 is 0 Å². The largest absolute Gasteiger partial charge is 0.481 e. The molecule has 0 radical (unpaired) electrons. The fraction of sp³-hybridized carbons (Fsp3) is 0.625. The summed E-state index contributed by atoms with van der Waals surface area (Å²) in [5.74, 6) is 1.41. The maximum absolute atomic E-state index is 9.58. The molecule has 1 heterocycles. The lowest BCUT2D eigenvalue weighted by Gasteiger charge is -2.27. The second-order valence-electron chi connectivity index (χ2n) is 5.52. The maximum atomic E-state index is 9.58. The number of methoxy groups -OCH3 is 1. The van der Waals surface area contributed by atoms with Gasteiger partial charge in [0.15, 0.2) is 5.96 Å². The molecule has 0 bridgehead atoms. The molecule has 0 saturated heterocycles. The van der Waals surface area contributed by atoms with Crippen molar-refractivity contribution in [2.45, 2.75) is 51.3 Å². The molecule has 0 aromatic carbocycles. The van der Waals surface area contributed by atoms with E-state index in [1.165, 1.54) is 0 Å². The highest BCUT2D eigenvalue weighted by Crippen LogP contribution is 2.18. The van der Waals surface area contributed by atoms with E-state index in [1.807, 2.05) is 19.1 Å². The van der Waals surface area contributed by atoms with Gasteiger partial charge in [-0.2, -0.15) is 0 Å². The first-order valence-electron chi connectivity index (χ1n) is 7.93. The van der Waals surface area contributed by atoms with Crippen LogP contribution in [0.3, 0.4) is 0 Å². The van der Waals surface area contributed by atoms with Crippen LogP contribution < -0.4 is 15.4 Å². The lowest BCUT2D eigenvalue weighted by molar-refractivity contribution is 0.120. The molecule has 0 unspecified atom stereocenters. The lowest BCUT2D eigenvalue weighted by atomic mass is 9.93. The molecule has 0 atom stereocenters. The number of guanidine groups is 1. The third-order valence-corrected chi connectivity index (χ3v) is 3.83. The number of aromatic nitrogens is 1. The third kappa shape index (κ3) is 4.87. The molecule has 1 fully saturated rings. The van der Waals surface area contributed by atoms with E-state index in [2.05, 4.69) is 20.6 Å². The summed E-state index contributed by atoms with van der Waals surface area (Å²) in [5, 5.41) is 16.3. The van der Waals surface area contributed by atoms with Gasteiger partial charge in [-0.15, -0.1) is 0 Å². The summed E-state index contributed by atoms with van der Waals surface area (Å²) < 4.78 is 5.25. The van der Waals surface area contributed by atoms with Gasteiger partial charge in [0.2, 0.25) is 5.88 Å². The zero-order chi connectivity index (χ0) is 15.8. The van der Waals surface area contributed by atoms with Gasteiger partial charge >= 0.3 is 0 Å². The Kier molecular flexibility index (Phi) is 6.45. The van der Waals surface area contributed by atoms with Crippen molar-refractivity contribution < 1.29 is 9.84 Å². The van der Waals surface area contributed by atoms with Crippen molar-refractivity contribution in [1.29, 1.82) is 0 Å². The third-order valence-electron chi connectivity index (χ3n) is 3.83. The van der Waals surface area contributed by atoms with Crippen LogP contribution in [0.2, 0.25) is 0 Å². The first-order valence-corrected chi connectivity index (χ1v) is 7.93. The van der Waals surface area contributed by atoms with Crippen LogP contribution in [0.1, 0.15) is 38.2 Å². The van der Waals surface area contributed by atoms with Crippen molar-refractivity contribution >= 4 is 5.96 Å².